The molecule has 1 saturated heterocycles. The van der Waals surface area contributed by atoms with E-state index in [4.69, 9.17) is 5.11 Å². The molecule has 6 nitrogen and oxygen atoms in total. The number of nitrogens with one attached hydrogen (secondary N) is 1. The van der Waals surface area contributed by atoms with Gasteiger partial charge in [-0.25, -0.2) is 4.39 Å². The largest absolute Gasteiger partial charge is 0.384 e. The summed E-state index contributed by atoms with van der Waals surface area (Å²) in [4.78, 5) is 35.5. The predicted octanol–water partition coefficient (Wildman–Crippen LogP) is -0.732. The fourth-order valence-electron chi connectivity index (χ4n) is 1.86. The maximum Gasteiger partial charge on any atom is 0.257 e. The Morgan fingerprint density at radius 3 is 2.57 bits per heavy atom. The average molecular weight is 290 g/mol. The van der Waals surface area contributed by atoms with Crippen molar-refractivity contribution in [3.05, 3.63) is 35.1 Å². The molecule has 1 aromatic rings. The van der Waals surface area contributed by atoms with Gasteiger partial charge < -0.3 is 10.0 Å². The first-order chi connectivity index (χ1) is 10.0. The van der Waals surface area contributed by atoms with Gasteiger partial charge in [-0.1, -0.05) is 11.8 Å². The molecule has 0 unspecified atom stereocenters. The van der Waals surface area contributed by atoms with E-state index in [0.29, 0.717) is 5.56 Å². The van der Waals surface area contributed by atoms with E-state index in [0.717, 1.165) is 11.0 Å². The molecule has 1 aromatic carbocycles. The molecule has 0 atom stereocenters. The minimum Gasteiger partial charge on any atom is -0.384 e. The molecule has 0 bridgehead atoms. The Labute approximate surface area is 119 Å². The van der Waals surface area contributed by atoms with Gasteiger partial charge in [-0.15, -0.1) is 0 Å². The van der Waals surface area contributed by atoms with Crippen molar-refractivity contribution in [3.8, 4) is 11.8 Å². The highest BCUT2D eigenvalue weighted by molar-refractivity contribution is 6.05. The summed E-state index contributed by atoms with van der Waals surface area (Å²) < 4.78 is 13.9. The molecule has 3 amide bonds. The van der Waals surface area contributed by atoms with Gasteiger partial charge in [0.05, 0.1) is 5.56 Å². The van der Waals surface area contributed by atoms with Crippen molar-refractivity contribution >= 4 is 17.7 Å². The van der Waals surface area contributed by atoms with Crippen LogP contribution >= 0.6 is 0 Å². The van der Waals surface area contributed by atoms with E-state index >= 15 is 0 Å². The van der Waals surface area contributed by atoms with Crippen LogP contribution in [0.25, 0.3) is 0 Å². The van der Waals surface area contributed by atoms with Crippen molar-refractivity contribution in [2.45, 2.75) is 0 Å². The van der Waals surface area contributed by atoms with Crippen molar-refractivity contribution in [3.63, 3.8) is 0 Å². The number of hydrogen-bond donors (Lipinski definition) is 2. The highest BCUT2D eigenvalue weighted by atomic mass is 19.1. The number of rotatable bonds is 1. The molecule has 0 aromatic heterocycles. The van der Waals surface area contributed by atoms with E-state index < -0.39 is 23.5 Å². The fourth-order valence-corrected chi connectivity index (χ4v) is 1.86. The van der Waals surface area contributed by atoms with Crippen molar-refractivity contribution in [2.75, 3.05) is 19.7 Å². The van der Waals surface area contributed by atoms with E-state index in [1.807, 2.05) is 0 Å². The van der Waals surface area contributed by atoms with Gasteiger partial charge in [0.15, 0.2) is 0 Å². The predicted molar refractivity (Wildman–Crippen MR) is 69.4 cm³/mol. The van der Waals surface area contributed by atoms with Crippen LogP contribution in [0.3, 0.4) is 0 Å². The van der Waals surface area contributed by atoms with Crippen LogP contribution < -0.4 is 5.32 Å². The zero-order chi connectivity index (χ0) is 15.4. The third kappa shape index (κ3) is 3.43. The smallest absolute Gasteiger partial charge is 0.257 e. The Kier molecular flexibility index (Phi) is 4.30. The van der Waals surface area contributed by atoms with Crippen LogP contribution in [-0.2, 0) is 9.59 Å². The van der Waals surface area contributed by atoms with E-state index in [9.17, 15) is 18.8 Å². The normalized spacial score (nSPS) is 14.3. The zero-order valence-electron chi connectivity index (χ0n) is 10.9. The summed E-state index contributed by atoms with van der Waals surface area (Å²) >= 11 is 0. The van der Waals surface area contributed by atoms with Gasteiger partial charge in [-0.3, -0.25) is 19.7 Å². The van der Waals surface area contributed by atoms with Crippen molar-refractivity contribution < 1.29 is 23.9 Å². The first-order valence-electron chi connectivity index (χ1n) is 6.02. The summed E-state index contributed by atoms with van der Waals surface area (Å²) in [5.41, 5.74) is 0.0672. The highest BCUT2D eigenvalue weighted by Gasteiger charge is 2.28. The topological polar surface area (TPSA) is 86.7 Å². The van der Waals surface area contributed by atoms with E-state index in [1.165, 1.54) is 12.1 Å². The second-order valence-electron chi connectivity index (χ2n) is 4.29. The van der Waals surface area contributed by atoms with Crippen molar-refractivity contribution in [2.24, 2.45) is 0 Å². The second-order valence-corrected chi connectivity index (χ2v) is 4.29. The van der Waals surface area contributed by atoms with E-state index in [1.54, 1.807) is 0 Å². The highest BCUT2D eigenvalue weighted by Crippen LogP contribution is 2.13. The van der Waals surface area contributed by atoms with Crippen LogP contribution in [0.15, 0.2) is 18.2 Å². The third-order valence-electron chi connectivity index (χ3n) is 2.75. The van der Waals surface area contributed by atoms with Crippen LogP contribution in [0.5, 0.6) is 0 Å². The number of halogens is 1. The van der Waals surface area contributed by atoms with E-state index in [-0.39, 0.29) is 25.3 Å². The second kappa shape index (κ2) is 6.15. The number of amides is 3. The molecule has 1 heterocycles. The number of benzene rings is 1. The lowest BCUT2D eigenvalue weighted by Gasteiger charge is -2.25. The zero-order valence-corrected chi connectivity index (χ0v) is 10.9. The maximum atomic E-state index is 13.9. The standard InChI is InChI=1S/C14H11FN2O4/c15-11-6-9(2-1-5-18)3-4-10(11)14(21)17-7-12(19)16-13(20)8-17/h3-4,6,18H,5,7-8H2,(H,16,19,20). The van der Waals surface area contributed by atoms with Gasteiger partial charge in [0, 0.05) is 5.56 Å². The van der Waals surface area contributed by atoms with Gasteiger partial charge in [-0.2, -0.15) is 0 Å². The molecular formula is C14H11FN2O4. The monoisotopic (exact) mass is 290 g/mol. The van der Waals surface area contributed by atoms with E-state index in [2.05, 4.69) is 17.2 Å². The van der Waals surface area contributed by atoms with Gasteiger partial charge >= 0.3 is 0 Å². The summed E-state index contributed by atoms with van der Waals surface area (Å²) in [7, 11) is 0. The number of piperazine rings is 1. The lowest BCUT2D eigenvalue weighted by atomic mass is 10.1. The van der Waals surface area contributed by atoms with Crippen molar-refractivity contribution in [1.82, 2.24) is 10.2 Å². The quantitative estimate of drug-likeness (QED) is 0.527. The Morgan fingerprint density at radius 1 is 1.33 bits per heavy atom. The molecule has 1 aliphatic rings. The third-order valence-corrected chi connectivity index (χ3v) is 2.75. The first kappa shape index (κ1) is 14.7. The minimum absolute atomic E-state index is 0.243. The fraction of sp³-hybridized carbons (Fsp3) is 0.214. The van der Waals surface area contributed by atoms with Crippen LogP contribution in [-0.4, -0.2) is 47.4 Å². The molecule has 21 heavy (non-hydrogen) atoms. The van der Waals surface area contributed by atoms with Crippen LogP contribution in [0, 0.1) is 17.7 Å². The number of carbonyl (C=O) groups is 3. The van der Waals surface area contributed by atoms with Crippen LogP contribution in [0.2, 0.25) is 0 Å². The van der Waals surface area contributed by atoms with Gasteiger partial charge in [-0.05, 0) is 18.2 Å². The molecule has 0 radical (unpaired) electrons. The van der Waals surface area contributed by atoms with Gasteiger partial charge in [0.2, 0.25) is 11.8 Å². The number of hydrogen-bond acceptors (Lipinski definition) is 4. The molecule has 0 spiro atoms. The molecular weight excluding hydrogens is 279 g/mol. The van der Waals surface area contributed by atoms with Crippen LogP contribution in [0.1, 0.15) is 15.9 Å². The Bertz CT molecular complexity index is 659. The van der Waals surface area contributed by atoms with Gasteiger partial charge in [0.1, 0.15) is 25.5 Å². The number of imide groups is 1. The SMILES string of the molecule is O=C1CN(C(=O)c2ccc(C#CCO)cc2F)CC(=O)N1. The Morgan fingerprint density at radius 2 is 2.00 bits per heavy atom. The van der Waals surface area contributed by atoms with Crippen molar-refractivity contribution in [1.29, 1.82) is 0 Å². The first-order valence-corrected chi connectivity index (χ1v) is 6.02. The average Bonchev–Trinajstić information content (AvgIpc) is 2.43. The summed E-state index contributed by atoms with van der Waals surface area (Å²) in [5.74, 6) is 2.12. The number of carbonyl (C=O) groups excluding carboxylic acids is 3. The lowest BCUT2D eigenvalue weighted by Crippen LogP contribution is -2.53. The van der Waals surface area contributed by atoms with Gasteiger partial charge in [0.25, 0.3) is 5.91 Å². The number of aliphatic hydroxyl groups is 1. The number of nitrogens with zero attached hydrogens (tertiary/aromatic N) is 1. The molecule has 7 heteroatoms. The summed E-state index contributed by atoms with van der Waals surface area (Å²) in [6, 6.07) is 3.71. The molecule has 1 aliphatic heterocycles. The Balaban J connectivity index is 2.23. The summed E-state index contributed by atoms with van der Waals surface area (Å²) in [5, 5.41) is 10.6. The summed E-state index contributed by atoms with van der Waals surface area (Å²) in [6.07, 6.45) is 0. The van der Waals surface area contributed by atoms with Crippen LogP contribution in [0.4, 0.5) is 4.39 Å². The Hall–Kier alpha value is -2.72. The molecule has 108 valence electrons. The molecule has 0 aliphatic carbocycles. The summed E-state index contributed by atoms with van der Waals surface area (Å²) in [6.45, 7) is -0.945. The number of aliphatic hydroxyl groups excluding tert-OH is 1. The lowest BCUT2D eigenvalue weighted by molar-refractivity contribution is -0.135. The minimum atomic E-state index is -0.803. The molecule has 0 saturated carbocycles. The molecule has 2 N–H and O–H groups in total. The molecule has 1 fully saturated rings. The molecule has 2 rings (SSSR count). The maximum absolute atomic E-state index is 13.9.